The molecule has 0 aromatic heterocycles. The number of rotatable bonds is 6. The molecular formula is C27H20N2O2S. The fourth-order valence-electron chi connectivity index (χ4n) is 3.22. The number of thiocarbonyl (C=S) groups is 1. The van der Waals surface area contributed by atoms with Gasteiger partial charge in [0.1, 0.15) is 0 Å². The Morgan fingerprint density at radius 2 is 0.781 bits per heavy atom. The molecule has 32 heavy (non-hydrogen) atoms. The number of hydrogen-bond donors (Lipinski definition) is 2. The first-order valence-electron chi connectivity index (χ1n) is 10.1. The molecule has 0 unspecified atom stereocenters. The molecule has 4 aromatic rings. The second kappa shape index (κ2) is 9.81. The summed E-state index contributed by atoms with van der Waals surface area (Å²) >= 11 is 5.38. The summed E-state index contributed by atoms with van der Waals surface area (Å²) < 4.78 is 0. The van der Waals surface area contributed by atoms with E-state index in [2.05, 4.69) is 10.6 Å². The molecule has 156 valence electrons. The van der Waals surface area contributed by atoms with Crippen LogP contribution >= 0.6 is 12.2 Å². The molecule has 2 N–H and O–H groups in total. The summed E-state index contributed by atoms with van der Waals surface area (Å²) in [5.41, 5.74) is 4.06. The maximum absolute atomic E-state index is 12.5. The number of hydrogen-bond acceptors (Lipinski definition) is 3. The van der Waals surface area contributed by atoms with E-state index in [1.807, 2.05) is 60.7 Å². The van der Waals surface area contributed by atoms with Crippen LogP contribution in [0.3, 0.4) is 0 Å². The van der Waals surface area contributed by atoms with Crippen molar-refractivity contribution >= 4 is 40.3 Å². The summed E-state index contributed by atoms with van der Waals surface area (Å²) in [4.78, 5) is 25.0. The van der Waals surface area contributed by atoms with Gasteiger partial charge >= 0.3 is 0 Å². The molecule has 0 aliphatic carbocycles. The first kappa shape index (κ1) is 21.2. The summed E-state index contributed by atoms with van der Waals surface area (Å²) in [5.74, 6) is -0.0500. The minimum Gasteiger partial charge on any atom is -0.332 e. The predicted molar refractivity (Wildman–Crippen MR) is 132 cm³/mol. The highest BCUT2D eigenvalue weighted by molar-refractivity contribution is 7.80. The lowest BCUT2D eigenvalue weighted by Gasteiger charge is -2.11. The number of anilines is 2. The molecule has 0 saturated heterocycles. The van der Waals surface area contributed by atoms with Crippen molar-refractivity contribution in [3.05, 3.63) is 131 Å². The van der Waals surface area contributed by atoms with E-state index in [0.29, 0.717) is 27.4 Å². The Kier molecular flexibility index (Phi) is 6.49. The van der Waals surface area contributed by atoms with Crippen LogP contribution in [0.1, 0.15) is 31.8 Å². The van der Waals surface area contributed by atoms with Crippen LogP contribution in [0.4, 0.5) is 11.4 Å². The minimum absolute atomic E-state index is 0.0250. The summed E-state index contributed by atoms with van der Waals surface area (Å²) in [6.07, 6.45) is 0. The first-order valence-corrected chi connectivity index (χ1v) is 10.5. The second-order valence-corrected chi connectivity index (χ2v) is 7.53. The maximum Gasteiger partial charge on any atom is 0.193 e. The van der Waals surface area contributed by atoms with Gasteiger partial charge in [-0.25, -0.2) is 0 Å². The van der Waals surface area contributed by atoms with Crippen molar-refractivity contribution in [1.82, 2.24) is 0 Å². The van der Waals surface area contributed by atoms with Gasteiger partial charge < -0.3 is 10.6 Å². The van der Waals surface area contributed by atoms with E-state index >= 15 is 0 Å². The van der Waals surface area contributed by atoms with E-state index < -0.39 is 0 Å². The van der Waals surface area contributed by atoms with E-state index in [0.717, 1.165) is 11.4 Å². The fraction of sp³-hybridized carbons (Fsp3) is 0. The maximum atomic E-state index is 12.5. The average Bonchev–Trinajstić information content (AvgIpc) is 2.85. The lowest BCUT2D eigenvalue weighted by atomic mass is 10.0. The number of nitrogens with one attached hydrogen (secondary N) is 2. The van der Waals surface area contributed by atoms with Crippen molar-refractivity contribution in [3.63, 3.8) is 0 Å². The van der Waals surface area contributed by atoms with Crippen LogP contribution in [0.15, 0.2) is 109 Å². The molecule has 0 aliphatic rings. The molecule has 0 bridgehead atoms. The van der Waals surface area contributed by atoms with Crippen molar-refractivity contribution in [2.45, 2.75) is 0 Å². The quantitative estimate of drug-likeness (QED) is 0.289. The molecule has 0 heterocycles. The highest BCUT2D eigenvalue weighted by Gasteiger charge is 2.10. The standard InChI is InChI=1S/C27H20N2O2S/c30-25(19-7-3-1-4-8-19)21-11-15-23(16-12-21)28-27(32)29-24-17-13-22(14-18-24)26(31)20-9-5-2-6-10-20/h1-18H,(H2,28,29,32). The molecule has 0 atom stereocenters. The van der Waals surface area contributed by atoms with Crippen molar-refractivity contribution < 1.29 is 9.59 Å². The highest BCUT2D eigenvalue weighted by Crippen LogP contribution is 2.16. The van der Waals surface area contributed by atoms with Crippen LogP contribution in [0, 0.1) is 0 Å². The lowest BCUT2D eigenvalue weighted by Crippen LogP contribution is -2.19. The molecular weight excluding hydrogens is 416 g/mol. The van der Waals surface area contributed by atoms with Gasteiger partial charge in [-0.05, 0) is 60.7 Å². The zero-order valence-corrected chi connectivity index (χ0v) is 17.9. The highest BCUT2D eigenvalue weighted by atomic mass is 32.1. The van der Waals surface area contributed by atoms with Crippen molar-refractivity contribution in [2.75, 3.05) is 10.6 Å². The normalized spacial score (nSPS) is 10.2. The number of carbonyl (C=O) groups excluding carboxylic acids is 2. The van der Waals surface area contributed by atoms with Gasteiger partial charge in [0.15, 0.2) is 16.7 Å². The van der Waals surface area contributed by atoms with Gasteiger partial charge in [0.2, 0.25) is 0 Å². The average molecular weight is 437 g/mol. The zero-order chi connectivity index (χ0) is 22.3. The van der Waals surface area contributed by atoms with Gasteiger partial charge in [0.25, 0.3) is 0 Å². The molecule has 4 aromatic carbocycles. The Bertz CT molecular complexity index is 1140. The van der Waals surface area contributed by atoms with E-state index in [-0.39, 0.29) is 11.6 Å². The summed E-state index contributed by atoms with van der Waals surface area (Å²) in [6.45, 7) is 0. The Morgan fingerprint density at radius 1 is 0.469 bits per heavy atom. The third kappa shape index (κ3) is 5.14. The summed E-state index contributed by atoms with van der Waals surface area (Å²) in [6, 6.07) is 32.7. The van der Waals surface area contributed by atoms with E-state index in [1.54, 1.807) is 48.5 Å². The molecule has 0 aliphatic heterocycles. The third-order valence-corrected chi connectivity index (χ3v) is 5.09. The second-order valence-electron chi connectivity index (χ2n) is 7.12. The Balaban J connectivity index is 1.35. The Morgan fingerprint density at radius 3 is 1.12 bits per heavy atom. The molecule has 0 fully saturated rings. The number of ketones is 2. The molecule has 0 saturated carbocycles. The van der Waals surface area contributed by atoms with Gasteiger partial charge in [-0.1, -0.05) is 60.7 Å². The van der Waals surface area contributed by atoms with Crippen LogP contribution in [0.2, 0.25) is 0 Å². The van der Waals surface area contributed by atoms with Crippen molar-refractivity contribution in [3.8, 4) is 0 Å². The molecule has 4 rings (SSSR count). The van der Waals surface area contributed by atoms with Crippen LogP contribution in [-0.2, 0) is 0 Å². The minimum atomic E-state index is -0.0250. The number of benzene rings is 4. The fourth-order valence-corrected chi connectivity index (χ4v) is 3.45. The molecule has 0 amide bonds. The SMILES string of the molecule is O=C(c1ccccc1)c1ccc(NC(=S)Nc2ccc(C(=O)c3ccccc3)cc2)cc1. The van der Waals surface area contributed by atoms with Crippen LogP contribution < -0.4 is 10.6 Å². The van der Waals surface area contributed by atoms with E-state index in [9.17, 15) is 9.59 Å². The van der Waals surface area contributed by atoms with Crippen LogP contribution in [0.5, 0.6) is 0 Å². The van der Waals surface area contributed by atoms with Gasteiger partial charge in [-0.15, -0.1) is 0 Å². The topological polar surface area (TPSA) is 58.2 Å². The summed E-state index contributed by atoms with van der Waals surface area (Å²) in [7, 11) is 0. The monoisotopic (exact) mass is 436 g/mol. The lowest BCUT2D eigenvalue weighted by molar-refractivity contribution is 0.103. The molecule has 0 spiro atoms. The van der Waals surface area contributed by atoms with Crippen molar-refractivity contribution in [2.24, 2.45) is 0 Å². The molecule has 5 heteroatoms. The molecule has 0 radical (unpaired) electrons. The van der Waals surface area contributed by atoms with Gasteiger partial charge in [0.05, 0.1) is 0 Å². The third-order valence-electron chi connectivity index (χ3n) is 4.88. The van der Waals surface area contributed by atoms with Crippen LogP contribution in [-0.4, -0.2) is 16.7 Å². The molecule has 4 nitrogen and oxygen atoms in total. The van der Waals surface area contributed by atoms with Crippen LogP contribution in [0.25, 0.3) is 0 Å². The van der Waals surface area contributed by atoms with Gasteiger partial charge in [-0.3, -0.25) is 9.59 Å². The Hall–Kier alpha value is -4.09. The number of carbonyl (C=O) groups is 2. The predicted octanol–water partition coefficient (Wildman–Crippen LogP) is 5.96. The van der Waals surface area contributed by atoms with E-state index in [1.165, 1.54) is 0 Å². The van der Waals surface area contributed by atoms with Gasteiger partial charge in [-0.2, -0.15) is 0 Å². The first-order chi connectivity index (χ1) is 15.6. The smallest absolute Gasteiger partial charge is 0.193 e. The largest absolute Gasteiger partial charge is 0.332 e. The summed E-state index contributed by atoms with van der Waals surface area (Å²) in [5, 5.41) is 6.61. The zero-order valence-electron chi connectivity index (χ0n) is 17.1. The van der Waals surface area contributed by atoms with Crippen molar-refractivity contribution in [1.29, 1.82) is 0 Å². The van der Waals surface area contributed by atoms with E-state index in [4.69, 9.17) is 12.2 Å². The Labute approximate surface area is 191 Å². The van der Waals surface area contributed by atoms with Gasteiger partial charge in [0, 0.05) is 33.6 Å².